The molecule has 0 atom stereocenters. The van der Waals surface area contributed by atoms with E-state index in [0.717, 1.165) is 45.9 Å². The van der Waals surface area contributed by atoms with Crippen LogP contribution in [0.5, 0.6) is 0 Å². The molecule has 1 aliphatic heterocycles. The molecule has 0 spiro atoms. The monoisotopic (exact) mass is 448 g/mol. The molecule has 1 aromatic carbocycles. The highest BCUT2D eigenvalue weighted by Crippen LogP contribution is 2.31. The first-order valence-electron chi connectivity index (χ1n) is 9.96. The van der Waals surface area contributed by atoms with Crippen LogP contribution < -0.4 is 0 Å². The third kappa shape index (κ3) is 8.41. The van der Waals surface area contributed by atoms with Crippen molar-refractivity contribution < 1.29 is 4.74 Å². The maximum atomic E-state index is 6.26. The van der Waals surface area contributed by atoms with E-state index in [9.17, 15) is 0 Å². The summed E-state index contributed by atoms with van der Waals surface area (Å²) in [6.45, 7) is 20.8. The molecule has 2 heterocycles. The molecule has 0 amide bonds. The zero-order valence-electron chi connectivity index (χ0n) is 18.1. The molecule has 0 aliphatic carbocycles. The number of ether oxygens (including phenoxy) is 1. The lowest BCUT2D eigenvalue weighted by molar-refractivity contribution is -0.0403. The maximum absolute atomic E-state index is 6.26. The molecule has 0 radical (unpaired) electrons. The minimum atomic E-state index is 0.579. The molecule has 3 rings (SSSR count). The van der Waals surface area contributed by atoms with Crippen LogP contribution in [0.1, 0.15) is 67.5 Å². The Bertz CT molecular complexity index is 595. The molecule has 0 saturated carbocycles. The van der Waals surface area contributed by atoms with E-state index in [0.29, 0.717) is 5.92 Å². The van der Waals surface area contributed by atoms with Gasteiger partial charge in [-0.1, -0.05) is 89.3 Å². The Kier molecular flexibility index (Phi) is 17.6. The van der Waals surface area contributed by atoms with Crippen molar-refractivity contribution in [3.8, 4) is 0 Å². The first-order chi connectivity index (χ1) is 12.6. The van der Waals surface area contributed by atoms with Gasteiger partial charge in [-0.05, 0) is 19.1 Å². The van der Waals surface area contributed by atoms with Crippen LogP contribution in [-0.4, -0.2) is 23.0 Å². The van der Waals surface area contributed by atoms with Crippen molar-refractivity contribution in [1.82, 2.24) is 9.78 Å². The highest BCUT2D eigenvalue weighted by atomic mass is 79.9. The molecule has 1 aromatic heterocycles. The van der Waals surface area contributed by atoms with Gasteiger partial charge in [0.2, 0.25) is 0 Å². The Labute approximate surface area is 174 Å². The topological polar surface area (TPSA) is 27.1 Å². The van der Waals surface area contributed by atoms with E-state index in [2.05, 4.69) is 40.9 Å². The largest absolute Gasteiger partial charge is 0.381 e. The number of hydrogen-bond acceptors (Lipinski definition) is 2. The molecular weight excluding hydrogens is 412 g/mol. The Morgan fingerprint density at radius 3 is 2.04 bits per heavy atom. The Morgan fingerprint density at radius 2 is 1.62 bits per heavy atom. The first kappa shape index (κ1) is 27.6. The normalized spacial score (nSPS) is 12.1. The number of rotatable bonds is 2. The van der Waals surface area contributed by atoms with E-state index in [1.807, 2.05) is 59.2 Å². The second-order valence-electron chi connectivity index (χ2n) is 5.16. The predicted octanol–water partition coefficient (Wildman–Crippen LogP) is 7.90. The summed E-state index contributed by atoms with van der Waals surface area (Å²) in [5, 5.41) is 6.37. The lowest BCUT2D eigenvalue weighted by atomic mass is 10.1. The molecule has 0 N–H and O–H groups in total. The average molecular weight is 450 g/mol. The summed E-state index contributed by atoms with van der Waals surface area (Å²) in [5.41, 5.74) is 2.08. The Morgan fingerprint density at radius 1 is 1.12 bits per heavy atom. The Hall–Kier alpha value is -0.580. The molecule has 1 aliphatic rings. The zero-order valence-corrected chi connectivity index (χ0v) is 20.5. The summed E-state index contributed by atoms with van der Waals surface area (Å²) in [6.07, 6.45) is 1.25. The highest BCUT2D eigenvalue weighted by Gasteiger charge is 2.21. The third-order valence-corrected chi connectivity index (χ3v) is 3.84. The van der Waals surface area contributed by atoms with Gasteiger partial charge in [-0.15, -0.1) is 0 Å². The van der Waals surface area contributed by atoms with Gasteiger partial charge in [0.25, 0.3) is 0 Å². The van der Waals surface area contributed by atoms with Gasteiger partial charge in [0.1, 0.15) is 0 Å². The quantitative estimate of drug-likeness (QED) is 0.465. The van der Waals surface area contributed by atoms with Gasteiger partial charge in [0, 0.05) is 22.3 Å². The van der Waals surface area contributed by atoms with E-state index >= 15 is 0 Å². The van der Waals surface area contributed by atoms with Crippen LogP contribution in [0, 0.1) is 12.8 Å². The SMILES string of the molecule is CC.CC.CC.CCC.Cc1nn(CC2COC2)c2cc(Br)cc(Cl)c12. The molecule has 2 aromatic rings. The average Bonchev–Trinajstić information content (AvgIpc) is 2.93. The summed E-state index contributed by atoms with van der Waals surface area (Å²) in [4.78, 5) is 0. The summed E-state index contributed by atoms with van der Waals surface area (Å²) < 4.78 is 8.22. The lowest BCUT2D eigenvalue weighted by Crippen LogP contribution is -2.31. The number of nitrogens with zero attached hydrogens (tertiary/aromatic N) is 2. The van der Waals surface area contributed by atoms with Crippen LogP contribution in [0.3, 0.4) is 0 Å². The lowest BCUT2D eigenvalue weighted by Gasteiger charge is -2.25. The van der Waals surface area contributed by atoms with Crippen LogP contribution in [0.2, 0.25) is 5.02 Å². The third-order valence-electron chi connectivity index (χ3n) is 3.08. The number of fused-ring (bicyclic) bond motifs is 1. The van der Waals surface area contributed by atoms with Gasteiger partial charge < -0.3 is 4.74 Å². The van der Waals surface area contributed by atoms with Crippen molar-refractivity contribution in [3.63, 3.8) is 0 Å². The maximum Gasteiger partial charge on any atom is 0.0711 e. The minimum Gasteiger partial charge on any atom is -0.381 e. The number of aromatic nitrogens is 2. The molecule has 26 heavy (non-hydrogen) atoms. The van der Waals surface area contributed by atoms with Gasteiger partial charge in [-0.2, -0.15) is 5.10 Å². The van der Waals surface area contributed by atoms with Gasteiger partial charge in [0.15, 0.2) is 0 Å². The van der Waals surface area contributed by atoms with Gasteiger partial charge in [-0.25, -0.2) is 0 Å². The number of benzene rings is 1. The highest BCUT2D eigenvalue weighted by molar-refractivity contribution is 9.10. The smallest absolute Gasteiger partial charge is 0.0711 e. The second kappa shape index (κ2) is 16.6. The van der Waals surface area contributed by atoms with Crippen molar-refractivity contribution in [2.24, 2.45) is 5.92 Å². The van der Waals surface area contributed by atoms with Crippen LogP contribution in [0.25, 0.3) is 10.9 Å². The number of halogens is 2. The molecule has 1 saturated heterocycles. The standard InChI is InChI=1S/C12H12BrClN2O.C3H8.3C2H6/c1-7-12-10(14)2-9(13)3-11(12)16(15-7)4-8-5-17-6-8;1-3-2;3*1-2/h2-3,8H,4-6H2,1H3;3H2,1-2H3;3*1-2H3. The van der Waals surface area contributed by atoms with E-state index in [1.165, 1.54) is 6.42 Å². The fourth-order valence-corrected chi connectivity index (χ4v) is 3.11. The molecule has 152 valence electrons. The summed E-state index contributed by atoms with van der Waals surface area (Å²) in [6, 6.07) is 3.98. The van der Waals surface area contributed by atoms with E-state index < -0.39 is 0 Å². The van der Waals surface area contributed by atoms with Crippen molar-refractivity contribution in [1.29, 1.82) is 0 Å². The predicted molar refractivity (Wildman–Crippen MR) is 121 cm³/mol. The van der Waals surface area contributed by atoms with E-state index in [4.69, 9.17) is 16.3 Å². The zero-order chi connectivity index (χ0) is 20.7. The van der Waals surface area contributed by atoms with Crippen LogP contribution in [-0.2, 0) is 11.3 Å². The molecular formula is C21H38BrClN2O. The second-order valence-corrected chi connectivity index (χ2v) is 6.48. The molecule has 1 fully saturated rings. The van der Waals surface area contributed by atoms with Crippen LogP contribution in [0.4, 0.5) is 0 Å². The van der Waals surface area contributed by atoms with E-state index in [1.54, 1.807) is 0 Å². The van der Waals surface area contributed by atoms with E-state index in [-0.39, 0.29) is 0 Å². The number of hydrogen-bond donors (Lipinski definition) is 0. The Balaban J connectivity index is 0. The van der Waals surface area contributed by atoms with Gasteiger partial charge in [-0.3, -0.25) is 4.68 Å². The van der Waals surface area contributed by atoms with Crippen molar-refractivity contribution >= 4 is 38.4 Å². The summed E-state index contributed by atoms with van der Waals surface area (Å²) in [7, 11) is 0. The first-order valence-corrected chi connectivity index (χ1v) is 11.1. The van der Waals surface area contributed by atoms with Crippen LogP contribution >= 0.6 is 27.5 Å². The molecule has 3 nitrogen and oxygen atoms in total. The van der Waals surface area contributed by atoms with Crippen LogP contribution in [0.15, 0.2) is 16.6 Å². The molecule has 0 unspecified atom stereocenters. The fourth-order valence-electron chi connectivity index (χ4n) is 2.18. The van der Waals surface area contributed by atoms with Crippen molar-refractivity contribution in [2.75, 3.05) is 13.2 Å². The van der Waals surface area contributed by atoms with Crippen molar-refractivity contribution in [2.45, 2.75) is 75.3 Å². The van der Waals surface area contributed by atoms with Gasteiger partial charge >= 0.3 is 0 Å². The molecule has 0 bridgehead atoms. The minimum absolute atomic E-state index is 0.579. The number of aryl methyl sites for hydroxylation is 1. The summed E-state index contributed by atoms with van der Waals surface area (Å²) >= 11 is 9.73. The molecule has 5 heteroatoms. The summed E-state index contributed by atoms with van der Waals surface area (Å²) in [5.74, 6) is 0.579. The fraction of sp³-hybridized carbons (Fsp3) is 0.667. The van der Waals surface area contributed by atoms with Crippen molar-refractivity contribution in [3.05, 3.63) is 27.3 Å². The van der Waals surface area contributed by atoms with Gasteiger partial charge in [0.05, 0.1) is 29.4 Å².